The summed E-state index contributed by atoms with van der Waals surface area (Å²) in [6.07, 6.45) is 1.61. The van der Waals surface area contributed by atoms with Gasteiger partial charge in [0, 0.05) is 12.8 Å². The van der Waals surface area contributed by atoms with Crippen LogP contribution in [-0.2, 0) is 30.7 Å². The van der Waals surface area contributed by atoms with Crippen molar-refractivity contribution >= 4 is 34.1 Å². The maximum Gasteiger partial charge on any atom is 0.343 e. The van der Waals surface area contributed by atoms with Crippen molar-refractivity contribution in [3.63, 3.8) is 0 Å². The number of nitrogens with one attached hydrogen (secondary N) is 2. The molecule has 0 radical (unpaired) electrons. The van der Waals surface area contributed by atoms with E-state index >= 15 is 0 Å². The second-order valence-electron chi connectivity index (χ2n) is 6.21. The fraction of sp³-hybridized carbons (Fsp3) is 0.529. The van der Waals surface area contributed by atoms with E-state index in [4.69, 9.17) is 4.74 Å². The number of hydrogen-bond acceptors (Lipinski definition) is 7. The molecule has 8 nitrogen and oxygen atoms in total. The maximum absolute atomic E-state index is 12.7. The molecule has 1 heterocycles. The van der Waals surface area contributed by atoms with E-state index in [-0.39, 0.29) is 38.4 Å². The lowest BCUT2D eigenvalue weighted by Crippen LogP contribution is -2.57. The molecule has 1 aromatic rings. The fourth-order valence-electron chi connectivity index (χ4n) is 2.89. The summed E-state index contributed by atoms with van der Waals surface area (Å²) in [4.78, 5) is 23.8. The van der Waals surface area contributed by atoms with Crippen LogP contribution in [0.4, 0.5) is 0 Å². The van der Waals surface area contributed by atoms with Gasteiger partial charge in [0.1, 0.15) is 5.75 Å². The van der Waals surface area contributed by atoms with Crippen LogP contribution >= 0.6 is 12.4 Å². The third-order valence-corrected chi connectivity index (χ3v) is 6.48. The molecule has 2 N–H and O–H groups in total. The van der Waals surface area contributed by atoms with Gasteiger partial charge in [-0.3, -0.25) is 4.79 Å². The number of piperidine rings is 1. The number of carbonyl (C=O) groups is 2. The Kier molecular flexibility index (Phi) is 8.52. The minimum Gasteiger partial charge on any atom is -0.482 e. The molecule has 0 aromatic heterocycles. The summed E-state index contributed by atoms with van der Waals surface area (Å²) in [6.45, 7) is 0.921. The molecule has 0 aliphatic carbocycles. The van der Waals surface area contributed by atoms with Crippen molar-refractivity contribution in [2.75, 3.05) is 33.1 Å². The molecule has 1 aliphatic heterocycles. The van der Waals surface area contributed by atoms with Gasteiger partial charge < -0.3 is 20.1 Å². The number of methoxy groups -OCH3 is 1. The highest BCUT2D eigenvalue weighted by Gasteiger charge is 2.48. The Labute approximate surface area is 165 Å². The number of esters is 1. The first-order valence-electron chi connectivity index (χ1n) is 8.26. The normalized spacial score (nSPS) is 15.9. The number of carbonyl (C=O) groups excluding carboxylic acids is 2. The molecule has 1 fully saturated rings. The van der Waals surface area contributed by atoms with Crippen LogP contribution < -0.4 is 15.4 Å². The Hall–Kier alpha value is -1.84. The van der Waals surface area contributed by atoms with Crippen LogP contribution in [0.15, 0.2) is 24.3 Å². The smallest absolute Gasteiger partial charge is 0.343 e. The Morgan fingerprint density at radius 2 is 1.93 bits per heavy atom. The van der Waals surface area contributed by atoms with Crippen molar-refractivity contribution < 1.29 is 27.5 Å². The Balaban J connectivity index is 0.00000364. The molecule has 1 saturated heterocycles. The molecule has 1 aliphatic rings. The third-order valence-electron chi connectivity index (χ3n) is 4.47. The summed E-state index contributed by atoms with van der Waals surface area (Å²) in [7, 11) is -2.27. The van der Waals surface area contributed by atoms with Crippen LogP contribution in [-0.4, -0.2) is 58.1 Å². The number of rotatable bonds is 7. The summed E-state index contributed by atoms with van der Waals surface area (Å²) in [5.74, 6) is -0.520. The van der Waals surface area contributed by atoms with Crippen molar-refractivity contribution in [2.45, 2.75) is 24.1 Å². The molecule has 1 aromatic carbocycles. The zero-order chi connectivity index (χ0) is 19.2. The van der Waals surface area contributed by atoms with Crippen molar-refractivity contribution in [3.05, 3.63) is 29.8 Å². The van der Waals surface area contributed by atoms with Gasteiger partial charge in [-0.25, -0.2) is 13.2 Å². The molecule has 1 amide bonds. The van der Waals surface area contributed by atoms with Crippen LogP contribution in [0.25, 0.3) is 0 Å². The number of ether oxygens (including phenoxy) is 2. The van der Waals surface area contributed by atoms with E-state index < -0.39 is 26.5 Å². The monoisotopic (exact) mass is 420 g/mol. The third kappa shape index (κ3) is 5.82. The average molecular weight is 421 g/mol. The topological polar surface area (TPSA) is 111 Å². The highest BCUT2D eigenvalue weighted by Crippen LogP contribution is 2.28. The summed E-state index contributed by atoms with van der Waals surface area (Å²) in [5, 5.41) is 5.80. The lowest BCUT2D eigenvalue weighted by atomic mass is 9.95. The van der Waals surface area contributed by atoms with Crippen LogP contribution in [0, 0.1) is 0 Å². The quantitative estimate of drug-likeness (QED) is 0.616. The summed E-state index contributed by atoms with van der Waals surface area (Å²) in [5.41, 5.74) is 0.735. The van der Waals surface area contributed by atoms with E-state index in [1.54, 1.807) is 24.3 Å². The molecule has 27 heavy (non-hydrogen) atoms. The first kappa shape index (κ1) is 23.2. The highest BCUT2D eigenvalue weighted by molar-refractivity contribution is 7.92. The second-order valence-corrected chi connectivity index (χ2v) is 8.54. The molecule has 0 spiro atoms. The van der Waals surface area contributed by atoms with Gasteiger partial charge in [-0.2, -0.15) is 0 Å². The molecular weight excluding hydrogens is 396 g/mol. The van der Waals surface area contributed by atoms with E-state index in [1.807, 2.05) is 0 Å². The van der Waals surface area contributed by atoms with Crippen molar-refractivity contribution in [3.8, 4) is 5.75 Å². The molecule has 0 unspecified atom stereocenters. The van der Waals surface area contributed by atoms with Crippen LogP contribution in [0.5, 0.6) is 5.75 Å². The standard InChI is InChI=1S/C17H24N2O6S.ClH/c1-24-15(20)12-25-14-5-3-4-13(10-14)11-19-16(21)17(26(2,22)23)6-8-18-9-7-17;/h3-5,10,18H,6-9,11-12H2,1-2H3,(H,19,21);1H. The van der Waals surface area contributed by atoms with Gasteiger partial charge in [-0.15, -0.1) is 12.4 Å². The number of benzene rings is 1. The number of amides is 1. The maximum atomic E-state index is 12.7. The van der Waals surface area contributed by atoms with Gasteiger partial charge in [-0.1, -0.05) is 12.1 Å². The predicted molar refractivity (Wildman–Crippen MR) is 103 cm³/mol. The van der Waals surface area contributed by atoms with E-state index in [2.05, 4.69) is 15.4 Å². The Morgan fingerprint density at radius 3 is 2.52 bits per heavy atom. The minimum atomic E-state index is -3.55. The van der Waals surface area contributed by atoms with E-state index in [0.717, 1.165) is 11.8 Å². The predicted octanol–water partition coefficient (Wildman–Crippen LogP) is 0.443. The van der Waals surface area contributed by atoms with Crippen LogP contribution in [0.3, 0.4) is 0 Å². The molecule has 0 bridgehead atoms. The largest absolute Gasteiger partial charge is 0.482 e. The second kappa shape index (κ2) is 9.91. The number of sulfone groups is 1. The number of hydrogen-bond donors (Lipinski definition) is 2. The minimum absolute atomic E-state index is 0. The molecule has 10 heteroatoms. The van der Waals surface area contributed by atoms with Crippen molar-refractivity contribution in [1.82, 2.24) is 10.6 Å². The van der Waals surface area contributed by atoms with Gasteiger partial charge in [0.05, 0.1) is 7.11 Å². The van der Waals surface area contributed by atoms with E-state index in [0.29, 0.717) is 18.8 Å². The van der Waals surface area contributed by atoms with E-state index in [1.165, 1.54) is 7.11 Å². The fourth-order valence-corrected chi connectivity index (χ4v) is 4.24. The molecule has 0 saturated carbocycles. The summed E-state index contributed by atoms with van der Waals surface area (Å²) >= 11 is 0. The Bertz CT molecular complexity index is 762. The van der Waals surface area contributed by atoms with Crippen molar-refractivity contribution in [2.24, 2.45) is 0 Å². The lowest BCUT2D eigenvalue weighted by molar-refractivity contribution is -0.142. The molecule has 0 atom stereocenters. The zero-order valence-corrected chi connectivity index (χ0v) is 17.0. The molecular formula is C17H25ClN2O6S. The summed E-state index contributed by atoms with van der Waals surface area (Å²) in [6, 6.07) is 6.86. The average Bonchev–Trinajstić information content (AvgIpc) is 2.64. The van der Waals surface area contributed by atoms with Gasteiger partial charge in [0.15, 0.2) is 21.2 Å². The molecule has 152 valence electrons. The highest BCUT2D eigenvalue weighted by atomic mass is 35.5. The first-order chi connectivity index (χ1) is 12.3. The Morgan fingerprint density at radius 1 is 1.26 bits per heavy atom. The summed E-state index contributed by atoms with van der Waals surface area (Å²) < 4.78 is 32.9. The first-order valence-corrected chi connectivity index (χ1v) is 10.1. The molecule has 2 rings (SSSR count). The lowest BCUT2D eigenvalue weighted by Gasteiger charge is -2.34. The van der Waals surface area contributed by atoms with Gasteiger partial charge in [0.25, 0.3) is 0 Å². The van der Waals surface area contributed by atoms with Crippen LogP contribution in [0.2, 0.25) is 0 Å². The van der Waals surface area contributed by atoms with Gasteiger partial charge >= 0.3 is 5.97 Å². The van der Waals surface area contributed by atoms with E-state index in [9.17, 15) is 18.0 Å². The van der Waals surface area contributed by atoms with Crippen molar-refractivity contribution in [1.29, 1.82) is 0 Å². The van der Waals surface area contributed by atoms with Gasteiger partial charge in [0.2, 0.25) is 5.91 Å². The SMILES string of the molecule is COC(=O)COc1cccc(CNC(=O)C2(S(C)(=O)=O)CCNCC2)c1.Cl. The van der Waals surface area contributed by atoms with Gasteiger partial charge in [-0.05, 0) is 43.6 Å². The number of halogens is 1. The zero-order valence-electron chi connectivity index (χ0n) is 15.3. The van der Waals surface area contributed by atoms with Crippen LogP contribution in [0.1, 0.15) is 18.4 Å².